The summed E-state index contributed by atoms with van der Waals surface area (Å²) in [6.07, 6.45) is 9.73. The molecule has 2 aliphatic rings. The van der Waals surface area contributed by atoms with Crippen LogP contribution in [0.1, 0.15) is 24.8 Å². The van der Waals surface area contributed by atoms with Crippen molar-refractivity contribution in [2.24, 2.45) is 0 Å². The summed E-state index contributed by atoms with van der Waals surface area (Å²) in [7, 11) is 0.582. The first-order chi connectivity index (χ1) is 17.4. The van der Waals surface area contributed by atoms with Crippen LogP contribution in [0.2, 0.25) is 0 Å². The van der Waals surface area contributed by atoms with Crippen LogP contribution < -0.4 is 14.9 Å². The first-order valence-corrected chi connectivity index (χ1v) is 11.9. The Morgan fingerprint density at radius 3 is 2.47 bits per heavy atom. The van der Waals surface area contributed by atoms with Gasteiger partial charge in [0.15, 0.2) is 0 Å². The summed E-state index contributed by atoms with van der Waals surface area (Å²) in [5.74, 6) is 0.966. The van der Waals surface area contributed by atoms with E-state index in [0.717, 1.165) is 17.6 Å². The highest BCUT2D eigenvalue weighted by molar-refractivity contribution is 6.64. The van der Waals surface area contributed by atoms with Crippen molar-refractivity contribution in [3.8, 4) is 11.6 Å². The topological polar surface area (TPSA) is 87.2 Å². The molecule has 2 aromatic rings. The van der Waals surface area contributed by atoms with Gasteiger partial charge in [-0.05, 0) is 56.2 Å². The minimum atomic E-state index is -1.07. The molecule has 0 N–H and O–H groups in total. The molecule has 1 fully saturated rings. The number of pyridine rings is 1. The second-order valence-electron chi connectivity index (χ2n) is 8.91. The van der Waals surface area contributed by atoms with Gasteiger partial charge < -0.3 is 18.8 Å². The third-order valence-electron chi connectivity index (χ3n) is 5.73. The number of rotatable bonds is 5. The summed E-state index contributed by atoms with van der Waals surface area (Å²) >= 11 is 0. The maximum atomic E-state index is 12.0. The fraction of sp³-hybridized carbons (Fsp3) is 0.296. The molecule has 1 saturated heterocycles. The Bertz CT molecular complexity index is 1140. The molecule has 4 rings (SSSR count). The van der Waals surface area contributed by atoms with Crippen LogP contribution in [-0.4, -0.2) is 55.2 Å². The van der Waals surface area contributed by atoms with Crippen molar-refractivity contribution in [2.75, 3.05) is 20.1 Å². The summed E-state index contributed by atoms with van der Waals surface area (Å²) in [5.41, 5.74) is 2.50. The van der Waals surface area contributed by atoms with E-state index in [2.05, 4.69) is 11.6 Å². The van der Waals surface area contributed by atoms with Crippen LogP contribution in [0.15, 0.2) is 78.7 Å². The highest BCUT2D eigenvalue weighted by Gasteiger charge is 2.33. The normalized spacial score (nSPS) is 20.5. The number of hydrogen-bond donors (Lipinski definition) is 0. The van der Waals surface area contributed by atoms with Crippen molar-refractivity contribution >= 4 is 24.5 Å². The van der Waals surface area contributed by atoms with Crippen LogP contribution in [0.4, 0.5) is 0 Å². The molecule has 0 unspecified atom stereocenters. The van der Waals surface area contributed by atoms with Crippen LogP contribution in [0.3, 0.4) is 0 Å². The van der Waals surface area contributed by atoms with Gasteiger partial charge in [-0.25, -0.2) is 4.98 Å². The van der Waals surface area contributed by atoms with Gasteiger partial charge in [0.1, 0.15) is 17.6 Å². The van der Waals surface area contributed by atoms with Crippen LogP contribution >= 0.6 is 0 Å². The second kappa shape index (κ2) is 11.7. The van der Waals surface area contributed by atoms with Crippen LogP contribution in [0, 0.1) is 6.92 Å². The largest absolute Gasteiger partial charge is 0.636 e. The first kappa shape index (κ1) is 25.3. The molecule has 1 aromatic carbocycles. The standard InChI is InChI=1S/C27H29BN2O6/c1-19-8-15-25(29-16-19)34-24-7-5-4-6-22(12-9-20(24)2)33-23-13-10-21(11-14-23)28-35-26(31)17-30(3)18-27(32)36-28/h4-5,7-8,10-11,13-16,22H,2,6,9,12,17-18H2,1,3H3/b5-4-,24-7?/t22-/m0/s1. The molecule has 0 saturated carbocycles. The van der Waals surface area contributed by atoms with Gasteiger partial charge in [-0.3, -0.25) is 14.5 Å². The Morgan fingerprint density at radius 2 is 1.81 bits per heavy atom. The Hall–Kier alpha value is -3.85. The fourth-order valence-corrected chi connectivity index (χ4v) is 3.79. The summed E-state index contributed by atoms with van der Waals surface area (Å²) < 4.78 is 22.8. The Labute approximate surface area is 211 Å². The first-order valence-electron chi connectivity index (χ1n) is 11.9. The molecule has 1 atom stereocenters. The van der Waals surface area contributed by atoms with E-state index in [1.165, 1.54) is 0 Å². The van der Waals surface area contributed by atoms with Crippen molar-refractivity contribution in [3.05, 3.63) is 84.3 Å². The molecule has 0 radical (unpaired) electrons. The molecule has 1 aliphatic carbocycles. The number of carbonyl (C=O) groups is 2. The lowest BCUT2D eigenvalue weighted by atomic mass is 9.78. The number of carbonyl (C=O) groups excluding carboxylic acids is 2. The van der Waals surface area contributed by atoms with Gasteiger partial charge >= 0.3 is 19.1 Å². The minimum absolute atomic E-state index is 0.0242. The number of aromatic nitrogens is 1. The second-order valence-corrected chi connectivity index (χ2v) is 8.91. The molecule has 2 heterocycles. The maximum absolute atomic E-state index is 12.0. The summed E-state index contributed by atoms with van der Waals surface area (Å²) in [6, 6.07) is 10.8. The molecule has 36 heavy (non-hydrogen) atoms. The van der Waals surface area contributed by atoms with Gasteiger partial charge in [-0.1, -0.05) is 36.9 Å². The van der Waals surface area contributed by atoms with Gasteiger partial charge in [0.25, 0.3) is 0 Å². The number of nitrogens with zero attached hydrogens (tertiary/aromatic N) is 2. The lowest BCUT2D eigenvalue weighted by molar-refractivity contribution is -0.145. The molecule has 0 bridgehead atoms. The fourth-order valence-electron chi connectivity index (χ4n) is 3.79. The van der Waals surface area contributed by atoms with Crippen LogP contribution in [-0.2, 0) is 18.9 Å². The summed E-state index contributed by atoms with van der Waals surface area (Å²) in [6.45, 7) is 6.22. The molecule has 186 valence electrons. The maximum Gasteiger partial charge on any atom is 0.636 e. The van der Waals surface area contributed by atoms with E-state index in [9.17, 15) is 9.59 Å². The molecule has 0 amide bonds. The van der Waals surface area contributed by atoms with E-state index < -0.39 is 19.1 Å². The third-order valence-corrected chi connectivity index (χ3v) is 5.73. The zero-order valence-electron chi connectivity index (χ0n) is 20.5. The van der Waals surface area contributed by atoms with Crippen molar-refractivity contribution < 1.29 is 28.4 Å². The highest BCUT2D eigenvalue weighted by atomic mass is 16.6. The van der Waals surface area contributed by atoms with Gasteiger partial charge in [0, 0.05) is 24.1 Å². The van der Waals surface area contributed by atoms with Gasteiger partial charge in [0.2, 0.25) is 5.88 Å². The van der Waals surface area contributed by atoms with Gasteiger partial charge in [0.05, 0.1) is 13.1 Å². The number of likely N-dealkylation sites (N-methyl/N-ethyl adjacent to an activating group) is 1. The molecule has 8 nitrogen and oxygen atoms in total. The minimum Gasteiger partial charge on any atom is -0.494 e. The molecule has 1 aliphatic heterocycles. The van der Waals surface area contributed by atoms with E-state index in [1.807, 2.05) is 37.3 Å². The van der Waals surface area contributed by atoms with Crippen molar-refractivity contribution in [3.63, 3.8) is 0 Å². The quantitative estimate of drug-likeness (QED) is 0.594. The number of benzene rings is 1. The predicted octanol–water partition coefficient (Wildman–Crippen LogP) is 3.12. The van der Waals surface area contributed by atoms with Crippen LogP contribution in [0.25, 0.3) is 0 Å². The zero-order chi connectivity index (χ0) is 25.5. The monoisotopic (exact) mass is 488 g/mol. The number of hydrogen-bond acceptors (Lipinski definition) is 8. The SMILES string of the molecule is C=C1CC[C@@H](Oc2ccc(B3OC(=O)CN(C)CC(=O)O3)cc2)C/C=C\C=C1Oc1ccc(C)cn1. The van der Waals surface area contributed by atoms with Crippen molar-refractivity contribution in [2.45, 2.75) is 32.3 Å². The Morgan fingerprint density at radius 1 is 1.08 bits per heavy atom. The molecule has 9 heteroatoms. The van der Waals surface area contributed by atoms with Crippen molar-refractivity contribution in [1.82, 2.24) is 9.88 Å². The average Bonchev–Trinajstić information content (AvgIpc) is 2.91. The van der Waals surface area contributed by atoms with E-state index in [1.54, 1.807) is 42.4 Å². The Kier molecular flexibility index (Phi) is 8.22. The van der Waals surface area contributed by atoms with E-state index in [4.69, 9.17) is 18.8 Å². The van der Waals surface area contributed by atoms with E-state index in [-0.39, 0.29) is 19.2 Å². The number of ether oxygens (including phenoxy) is 2. The predicted molar refractivity (Wildman–Crippen MR) is 136 cm³/mol. The molecule has 1 aromatic heterocycles. The number of aryl methyl sites for hydroxylation is 1. The smallest absolute Gasteiger partial charge is 0.494 e. The highest BCUT2D eigenvalue weighted by Crippen LogP contribution is 2.24. The van der Waals surface area contributed by atoms with E-state index in [0.29, 0.717) is 35.7 Å². The number of allylic oxidation sites excluding steroid dienone is 3. The van der Waals surface area contributed by atoms with Crippen LogP contribution in [0.5, 0.6) is 11.6 Å². The lowest BCUT2D eigenvalue weighted by Crippen LogP contribution is -2.47. The average molecular weight is 488 g/mol. The van der Waals surface area contributed by atoms with Gasteiger partial charge in [-0.2, -0.15) is 0 Å². The summed E-state index contributed by atoms with van der Waals surface area (Å²) in [5, 5.41) is 0. The van der Waals surface area contributed by atoms with E-state index >= 15 is 0 Å². The lowest BCUT2D eigenvalue weighted by Gasteiger charge is -2.23. The summed E-state index contributed by atoms with van der Waals surface area (Å²) in [4.78, 5) is 29.9. The zero-order valence-corrected chi connectivity index (χ0v) is 20.5. The Balaban J connectivity index is 1.35. The molecular weight excluding hydrogens is 459 g/mol. The third kappa shape index (κ3) is 7.08. The molecular formula is C27H29BN2O6. The van der Waals surface area contributed by atoms with Gasteiger partial charge in [-0.15, -0.1) is 0 Å². The molecule has 0 spiro atoms. The van der Waals surface area contributed by atoms with Crippen molar-refractivity contribution in [1.29, 1.82) is 0 Å².